The minimum atomic E-state index is -1.03. The molecule has 0 radical (unpaired) electrons. The van der Waals surface area contributed by atoms with Gasteiger partial charge in [0.15, 0.2) is 23.1 Å². The van der Waals surface area contributed by atoms with Gasteiger partial charge >= 0.3 is 12.3 Å². The highest BCUT2D eigenvalue weighted by Crippen LogP contribution is 2.45. The van der Waals surface area contributed by atoms with Gasteiger partial charge in [0.1, 0.15) is 0 Å². The molecule has 0 aliphatic heterocycles. The van der Waals surface area contributed by atoms with Gasteiger partial charge in [-0.3, -0.25) is 9.59 Å². The lowest BCUT2D eigenvalue weighted by Gasteiger charge is -2.29. The van der Waals surface area contributed by atoms with Gasteiger partial charge < -0.3 is 18.9 Å². The van der Waals surface area contributed by atoms with Gasteiger partial charge in [-0.25, -0.2) is 9.59 Å². The van der Waals surface area contributed by atoms with Gasteiger partial charge in [-0.15, -0.1) is 0 Å². The van der Waals surface area contributed by atoms with E-state index in [2.05, 4.69) is 0 Å². The number of Topliss-reactive ketones (excluding diaryl/α,β-unsaturated/α-hetero) is 2. The maximum atomic E-state index is 13.7. The maximum Gasteiger partial charge on any atom is 0.514 e. The Morgan fingerprint density at radius 1 is 0.657 bits per heavy atom. The van der Waals surface area contributed by atoms with Crippen molar-refractivity contribution in [3.8, 4) is 0 Å². The Morgan fingerprint density at radius 3 is 1.63 bits per heavy atom. The molecule has 8 nitrogen and oxygen atoms in total. The lowest BCUT2D eigenvalue weighted by Crippen LogP contribution is -2.29. The van der Waals surface area contributed by atoms with Crippen LogP contribution in [-0.2, 0) is 18.9 Å². The van der Waals surface area contributed by atoms with E-state index in [0.717, 1.165) is 5.56 Å². The van der Waals surface area contributed by atoms with Crippen LogP contribution in [0.5, 0.6) is 0 Å². The van der Waals surface area contributed by atoms with Crippen LogP contribution in [0, 0.1) is 6.92 Å². The highest BCUT2D eigenvalue weighted by Gasteiger charge is 2.43. The van der Waals surface area contributed by atoms with Crippen LogP contribution in [-0.4, -0.2) is 36.1 Å². The molecule has 0 N–H and O–H groups in total. The molecule has 2 aliphatic carbocycles. The number of allylic oxidation sites excluding steroid dienone is 2. The second kappa shape index (κ2) is 9.21. The molecule has 0 spiro atoms. The maximum absolute atomic E-state index is 13.7. The molecule has 0 atom stereocenters. The highest BCUT2D eigenvalue weighted by molar-refractivity contribution is 6.34. The van der Waals surface area contributed by atoms with Gasteiger partial charge in [0.25, 0.3) is 0 Å². The summed E-state index contributed by atoms with van der Waals surface area (Å²) >= 11 is 0. The first-order valence-electron chi connectivity index (χ1n) is 11.1. The summed E-state index contributed by atoms with van der Waals surface area (Å²) in [6, 6.07) is 11.3. The van der Waals surface area contributed by atoms with Gasteiger partial charge in [-0.1, -0.05) is 42.0 Å². The van der Waals surface area contributed by atoms with Crippen molar-refractivity contribution in [1.29, 1.82) is 0 Å². The van der Waals surface area contributed by atoms with E-state index >= 15 is 0 Å². The van der Waals surface area contributed by atoms with Gasteiger partial charge in [-0.2, -0.15) is 0 Å². The number of fused-ring (bicyclic) bond motifs is 3. The molecule has 0 bridgehead atoms. The van der Waals surface area contributed by atoms with E-state index in [4.69, 9.17) is 18.9 Å². The van der Waals surface area contributed by atoms with Crippen molar-refractivity contribution < 1.29 is 38.1 Å². The molecule has 0 heterocycles. The predicted molar refractivity (Wildman–Crippen MR) is 126 cm³/mol. The quantitative estimate of drug-likeness (QED) is 0.523. The molecule has 35 heavy (non-hydrogen) atoms. The van der Waals surface area contributed by atoms with Gasteiger partial charge in [0, 0.05) is 22.3 Å². The van der Waals surface area contributed by atoms with E-state index in [1.165, 1.54) is 0 Å². The molecule has 0 unspecified atom stereocenters. The molecule has 2 aromatic rings. The van der Waals surface area contributed by atoms with Crippen LogP contribution in [0.4, 0.5) is 9.59 Å². The molecule has 2 aliphatic rings. The van der Waals surface area contributed by atoms with Crippen LogP contribution < -0.4 is 0 Å². The number of aryl methyl sites for hydroxylation is 1. The van der Waals surface area contributed by atoms with Gasteiger partial charge in [0.2, 0.25) is 0 Å². The summed E-state index contributed by atoms with van der Waals surface area (Å²) in [5.74, 6) is -1.38. The Balaban J connectivity index is 2.02. The Labute approximate surface area is 202 Å². The first kappa shape index (κ1) is 23.9. The molecule has 4 rings (SSSR count). The van der Waals surface area contributed by atoms with Crippen LogP contribution in [0.3, 0.4) is 0 Å². The fraction of sp³-hybridized carbons (Fsp3) is 0.259. The third-order valence-corrected chi connectivity index (χ3v) is 5.27. The standard InChI is InChI=1S/C27H24O8/c1-13(2)32-26(30)34-24-18-9-7-6-8-16(18)22(28)21-20(24)23(29)17-11-10-15(5)12-19(17)25(21)35-27(31)33-14(3)4/h6-14H,1-5H3. The zero-order valence-corrected chi connectivity index (χ0v) is 20.0. The Morgan fingerprint density at radius 2 is 1.11 bits per heavy atom. The Kier molecular flexibility index (Phi) is 6.30. The van der Waals surface area contributed by atoms with Crippen LogP contribution in [0.15, 0.2) is 53.6 Å². The molecule has 0 amide bonds. The van der Waals surface area contributed by atoms with E-state index in [0.29, 0.717) is 0 Å². The number of carbonyl (C=O) groups excluding carboxylic acids is 4. The van der Waals surface area contributed by atoms with Gasteiger partial charge in [-0.05, 0) is 40.7 Å². The van der Waals surface area contributed by atoms with Crippen molar-refractivity contribution in [3.63, 3.8) is 0 Å². The smallest absolute Gasteiger partial charge is 0.431 e. The summed E-state index contributed by atoms with van der Waals surface area (Å²) in [6.07, 6.45) is -3.01. The number of rotatable bonds is 4. The number of carbonyl (C=O) groups is 4. The van der Waals surface area contributed by atoms with Crippen LogP contribution in [0.2, 0.25) is 0 Å². The van der Waals surface area contributed by atoms with Crippen molar-refractivity contribution in [2.24, 2.45) is 0 Å². The molecular weight excluding hydrogens is 452 g/mol. The number of ether oxygens (including phenoxy) is 4. The van der Waals surface area contributed by atoms with Crippen molar-refractivity contribution in [3.05, 3.63) is 81.4 Å². The fourth-order valence-corrected chi connectivity index (χ4v) is 3.93. The van der Waals surface area contributed by atoms with E-state index in [-0.39, 0.29) is 44.9 Å². The first-order valence-corrected chi connectivity index (χ1v) is 11.1. The fourth-order valence-electron chi connectivity index (χ4n) is 3.93. The SMILES string of the molecule is Cc1ccc2c(c1)C(OC(=O)OC(C)C)=C1C(=O)c3ccccc3C(OC(=O)OC(C)C)=C1C2=O. The first-order chi connectivity index (χ1) is 16.6. The zero-order chi connectivity index (χ0) is 25.4. The average molecular weight is 476 g/mol. The lowest BCUT2D eigenvalue weighted by molar-refractivity contribution is 0.0622. The van der Waals surface area contributed by atoms with Crippen molar-refractivity contribution >= 4 is 35.4 Å². The third-order valence-electron chi connectivity index (χ3n) is 5.27. The summed E-state index contributed by atoms with van der Waals surface area (Å²) in [7, 11) is 0. The molecule has 0 aromatic heterocycles. The summed E-state index contributed by atoms with van der Waals surface area (Å²) in [4.78, 5) is 52.3. The predicted octanol–water partition coefficient (Wildman–Crippen LogP) is 5.63. The molecule has 0 saturated heterocycles. The number of hydrogen-bond acceptors (Lipinski definition) is 8. The topological polar surface area (TPSA) is 105 Å². The Hall–Kier alpha value is -4.20. The monoisotopic (exact) mass is 476 g/mol. The molecule has 2 aromatic carbocycles. The Bertz CT molecular complexity index is 1330. The van der Waals surface area contributed by atoms with E-state index in [9.17, 15) is 19.2 Å². The summed E-state index contributed by atoms with van der Waals surface area (Å²) < 4.78 is 21.3. The van der Waals surface area contributed by atoms with Crippen LogP contribution >= 0.6 is 0 Å². The third kappa shape index (κ3) is 4.47. The number of ketones is 2. The number of benzene rings is 2. The largest absolute Gasteiger partial charge is 0.514 e. The average Bonchev–Trinajstić information content (AvgIpc) is 2.77. The minimum absolute atomic E-state index is 0.137. The van der Waals surface area contributed by atoms with Crippen molar-refractivity contribution in [2.45, 2.75) is 46.8 Å². The van der Waals surface area contributed by atoms with Crippen molar-refractivity contribution in [2.75, 3.05) is 0 Å². The van der Waals surface area contributed by atoms with Gasteiger partial charge in [0.05, 0.1) is 23.4 Å². The normalized spacial score (nSPS) is 14.5. The van der Waals surface area contributed by atoms with Crippen LogP contribution in [0.1, 0.15) is 65.1 Å². The van der Waals surface area contributed by atoms with E-state index < -0.39 is 36.1 Å². The van der Waals surface area contributed by atoms with Crippen molar-refractivity contribution in [1.82, 2.24) is 0 Å². The zero-order valence-electron chi connectivity index (χ0n) is 20.0. The molecule has 0 saturated carbocycles. The molecule has 0 fully saturated rings. The summed E-state index contributed by atoms with van der Waals surface area (Å²) in [5.41, 5.74) is 1.31. The summed E-state index contributed by atoms with van der Waals surface area (Å²) in [6.45, 7) is 8.42. The second-order valence-electron chi connectivity index (χ2n) is 8.70. The minimum Gasteiger partial charge on any atom is -0.431 e. The molecule has 8 heteroatoms. The van der Waals surface area contributed by atoms with Crippen LogP contribution in [0.25, 0.3) is 11.5 Å². The van der Waals surface area contributed by atoms with E-state index in [1.54, 1.807) is 77.1 Å². The lowest BCUT2D eigenvalue weighted by atomic mass is 9.76. The molecule has 180 valence electrons. The summed E-state index contributed by atoms with van der Waals surface area (Å²) in [5, 5.41) is 0. The number of hydrogen-bond donors (Lipinski definition) is 0. The second-order valence-corrected chi connectivity index (χ2v) is 8.70. The van der Waals surface area contributed by atoms with E-state index in [1.807, 2.05) is 0 Å². The highest BCUT2D eigenvalue weighted by atomic mass is 16.7. The molecular formula is C27H24O8.